The molecule has 0 radical (unpaired) electrons. The van der Waals surface area contributed by atoms with Crippen molar-refractivity contribution in [1.29, 1.82) is 0 Å². The molecular weight excluding hydrogens is 422 g/mol. The number of nitrogens with one attached hydrogen (secondary N) is 1. The molecule has 6 nitrogen and oxygen atoms in total. The average Bonchev–Trinajstić information content (AvgIpc) is 3.53. The Morgan fingerprint density at radius 3 is 2.56 bits per heavy atom. The molecule has 2 aromatic heterocycles. The third-order valence-corrected chi connectivity index (χ3v) is 6.84. The van der Waals surface area contributed by atoms with Gasteiger partial charge >= 0.3 is 5.97 Å². The van der Waals surface area contributed by atoms with Gasteiger partial charge in [0.15, 0.2) is 6.61 Å². The van der Waals surface area contributed by atoms with Crippen LogP contribution in [0.1, 0.15) is 45.0 Å². The molecule has 1 amide bonds. The molecule has 1 saturated heterocycles. The zero-order chi connectivity index (χ0) is 22.7. The Labute approximate surface area is 192 Å². The molecule has 0 bridgehead atoms. The van der Waals surface area contributed by atoms with Gasteiger partial charge in [-0.1, -0.05) is 6.07 Å². The van der Waals surface area contributed by atoms with Gasteiger partial charge in [0.1, 0.15) is 0 Å². The normalized spacial score (nSPS) is 13.4. The standard InChI is InChI=1S/C25H29N3O3S/c1-17-13-20(27-10-4-5-11-27)8-9-23(17)26-24(29)16-31-25(30)22-14-18(2)28(19(22)3)15-21-7-6-12-32-21/h6-9,12-14H,4-5,10-11,15-16H2,1-3H3,(H,26,29). The first-order chi connectivity index (χ1) is 15.4. The lowest BCUT2D eigenvalue weighted by molar-refractivity contribution is -0.119. The molecule has 3 heterocycles. The predicted molar refractivity (Wildman–Crippen MR) is 129 cm³/mol. The van der Waals surface area contributed by atoms with Crippen LogP contribution in [-0.4, -0.2) is 36.1 Å². The van der Waals surface area contributed by atoms with Crippen molar-refractivity contribution in [3.8, 4) is 0 Å². The van der Waals surface area contributed by atoms with Crippen LogP contribution in [0, 0.1) is 20.8 Å². The van der Waals surface area contributed by atoms with Crippen LogP contribution in [0.4, 0.5) is 11.4 Å². The molecule has 0 unspecified atom stereocenters. The van der Waals surface area contributed by atoms with Crippen LogP contribution < -0.4 is 10.2 Å². The number of thiophene rings is 1. The number of esters is 1. The molecule has 1 aliphatic rings. The lowest BCUT2D eigenvalue weighted by atomic mass is 10.1. The Kier molecular flexibility index (Phi) is 6.65. The van der Waals surface area contributed by atoms with Crippen LogP contribution in [0.5, 0.6) is 0 Å². The minimum Gasteiger partial charge on any atom is -0.452 e. The number of rotatable bonds is 7. The molecule has 0 spiro atoms. The summed E-state index contributed by atoms with van der Waals surface area (Å²) in [6.45, 7) is 8.41. The molecule has 0 saturated carbocycles. The molecule has 1 aromatic carbocycles. The van der Waals surface area contributed by atoms with E-state index in [0.717, 1.165) is 42.3 Å². The van der Waals surface area contributed by atoms with Crippen molar-refractivity contribution in [1.82, 2.24) is 4.57 Å². The third kappa shape index (κ3) is 4.88. The Morgan fingerprint density at radius 1 is 1.09 bits per heavy atom. The first kappa shape index (κ1) is 22.1. The summed E-state index contributed by atoms with van der Waals surface area (Å²) in [6.07, 6.45) is 2.44. The van der Waals surface area contributed by atoms with E-state index in [1.165, 1.54) is 23.4 Å². The number of hydrogen-bond donors (Lipinski definition) is 1. The number of nitrogens with zero attached hydrogens (tertiary/aromatic N) is 2. The van der Waals surface area contributed by atoms with Gasteiger partial charge in [-0.15, -0.1) is 11.3 Å². The Balaban J connectivity index is 1.34. The SMILES string of the molecule is Cc1cc(N2CCCC2)ccc1NC(=O)COC(=O)c1cc(C)n(Cc2cccs2)c1C. The maximum atomic E-state index is 12.6. The quantitative estimate of drug-likeness (QED) is 0.518. The highest BCUT2D eigenvalue weighted by Gasteiger charge is 2.19. The fourth-order valence-electron chi connectivity index (χ4n) is 4.16. The smallest absolute Gasteiger partial charge is 0.340 e. The minimum absolute atomic E-state index is 0.319. The molecular formula is C25H29N3O3S. The van der Waals surface area contributed by atoms with E-state index in [4.69, 9.17) is 4.74 Å². The first-order valence-corrected chi connectivity index (χ1v) is 11.8. The van der Waals surface area contributed by atoms with Gasteiger partial charge in [0.2, 0.25) is 0 Å². The average molecular weight is 452 g/mol. The van der Waals surface area contributed by atoms with Crippen molar-refractivity contribution in [3.05, 3.63) is 69.2 Å². The summed E-state index contributed by atoms with van der Waals surface area (Å²) in [5.41, 5.74) is 5.24. The van der Waals surface area contributed by atoms with Crippen LogP contribution in [0.2, 0.25) is 0 Å². The maximum Gasteiger partial charge on any atom is 0.340 e. The van der Waals surface area contributed by atoms with E-state index in [0.29, 0.717) is 5.56 Å². The zero-order valence-corrected chi connectivity index (χ0v) is 19.6. The molecule has 168 valence electrons. The largest absolute Gasteiger partial charge is 0.452 e. The van der Waals surface area contributed by atoms with Gasteiger partial charge in [0, 0.05) is 40.7 Å². The second kappa shape index (κ2) is 9.61. The molecule has 1 aliphatic heterocycles. The molecule has 32 heavy (non-hydrogen) atoms. The topological polar surface area (TPSA) is 63.6 Å². The highest BCUT2D eigenvalue weighted by Crippen LogP contribution is 2.25. The van der Waals surface area contributed by atoms with Gasteiger partial charge in [0.25, 0.3) is 5.91 Å². The van der Waals surface area contributed by atoms with Crippen LogP contribution in [0.3, 0.4) is 0 Å². The van der Waals surface area contributed by atoms with Gasteiger partial charge in [-0.25, -0.2) is 4.79 Å². The van der Waals surface area contributed by atoms with E-state index in [2.05, 4.69) is 26.9 Å². The fraction of sp³-hybridized carbons (Fsp3) is 0.360. The van der Waals surface area contributed by atoms with E-state index in [9.17, 15) is 9.59 Å². The number of aromatic nitrogens is 1. The number of carbonyl (C=O) groups is 2. The predicted octanol–water partition coefficient (Wildman–Crippen LogP) is 4.92. The van der Waals surface area contributed by atoms with Gasteiger partial charge in [-0.2, -0.15) is 0 Å². The third-order valence-electron chi connectivity index (χ3n) is 5.98. The molecule has 0 atom stereocenters. The van der Waals surface area contributed by atoms with Gasteiger partial charge in [-0.3, -0.25) is 4.79 Å². The fourth-order valence-corrected chi connectivity index (χ4v) is 4.86. The molecule has 4 rings (SSSR count). The Bertz CT molecular complexity index is 1110. The van der Waals surface area contributed by atoms with E-state index >= 15 is 0 Å². The first-order valence-electron chi connectivity index (χ1n) is 10.9. The Hall–Kier alpha value is -3.06. The van der Waals surface area contributed by atoms with Crippen LogP contribution in [0.15, 0.2) is 41.8 Å². The number of hydrogen-bond acceptors (Lipinski definition) is 5. The highest BCUT2D eigenvalue weighted by molar-refractivity contribution is 7.09. The zero-order valence-electron chi connectivity index (χ0n) is 18.8. The van der Waals surface area contributed by atoms with Crippen LogP contribution >= 0.6 is 11.3 Å². The molecule has 3 aromatic rings. The lowest BCUT2D eigenvalue weighted by Gasteiger charge is -2.19. The summed E-state index contributed by atoms with van der Waals surface area (Å²) in [4.78, 5) is 28.6. The monoisotopic (exact) mass is 451 g/mol. The van der Waals surface area contributed by atoms with Crippen molar-refractivity contribution in [2.24, 2.45) is 0 Å². The number of anilines is 2. The van der Waals surface area contributed by atoms with Gasteiger partial charge in [-0.05, 0) is 74.9 Å². The van der Waals surface area contributed by atoms with E-state index in [-0.39, 0.29) is 12.5 Å². The van der Waals surface area contributed by atoms with E-state index in [1.54, 1.807) is 11.3 Å². The van der Waals surface area contributed by atoms with Crippen molar-refractivity contribution >= 4 is 34.6 Å². The number of carbonyl (C=O) groups excluding carboxylic acids is 2. The second-order valence-corrected chi connectivity index (χ2v) is 9.30. The summed E-state index contributed by atoms with van der Waals surface area (Å²) in [6, 6.07) is 12.0. The summed E-state index contributed by atoms with van der Waals surface area (Å²) in [5.74, 6) is -0.824. The molecule has 1 N–H and O–H groups in total. The van der Waals surface area contributed by atoms with Crippen LogP contribution in [-0.2, 0) is 16.1 Å². The van der Waals surface area contributed by atoms with Gasteiger partial charge in [0.05, 0.1) is 12.1 Å². The van der Waals surface area contributed by atoms with Crippen LogP contribution in [0.25, 0.3) is 0 Å². The number of ether oxygens (including phenoxy) is 1. The summed E-state index contributed by atoms with van der Waals surface area (Å²) < 4.78 is 7.41. The highest BCUT2D eigenvalue weighted by atomic mass is 32.1. The van der Waals surface area contributed by atoms with Crippen molar-refractivity contribution in [3.63, 3.8) is 0 Å². The molecule has 1 fully saturated rings. The Morgan fingerprint density at radius 2 is 1.88 bits per heavy atom. The summed E-state index contributed by atoms with van der Waals surface area (Å²) in [5, 5.41) is 4.90. The summed E-state index contributed by atoms with van der Waals surface area (Å²) >= 11 is 1.68. The summed E-state index contributed by atoms with van der Waals surface area (Å²) in [7, 11) is 0. The number of benzene rings is 1. The van der Waals surface area contributed by atoms with E-state index in [1.807, 2.05) is 50.4 Å². The van der Waals surface area contributed by atoms with Crippen molar-refractivity contribution in [2.45, 2.75) is 40.2 Å². The minimum atomic E-state index is -0.480. The second-order valence-electron chi connectivity index (χ2n) is 8.27. The molecule has 0 aliphatic carbocycles. The molecule has 7 heteroatoms. The number of amides is 1. The van der Waals surface area contributed by atoms with Crippen molar-refractivity contribution in [2.75, 3.05) is 29.9 Å². The number of aryl methyl sites for hydroxylation is 2. The van der Waals surface area contributed by atoms with E-state index < -0.39 is 5.97 Å². The van der Waals surface area contributed by atoms with Crippen molar-refractivity contribution < 1.29 is 14.3 Å². The van der Waals surface area contributed by atoms with Gasteiger partial charge < -0.3 is 19.5 Å². The maximum absolute atomic E-state index is 12.6. The lowest BCUT2D eigenvalue weighted by Crippen LogP contribution is -2.22.